The molecule has 2 aliphatic carbocycles. The van der Waals surface area contributed by atoms with Crippen molar-refractivity contribution in [3.8, 4) is 0 Å². The van der Waals surface area contributed by atoms with Crippen LogP contribution in [0.15, 0.2) is 0 Å². The number of carboxylic acid groups (broad SMARTS) is 2. The van der Waals surface area contributed by atoms with Crippen molar-refractivity contribution in [3.63, 3.8) is 0 Å². The predicted molar refractivity (Wildman–Crippen MR) is 132 cm³/mol. The van der Waals surface area contributed by atoms with Gasteiger partial charge in [0.05, 0.1) is 23.7 Å². The van der Waals surface area contributed by atoms with Crippen molar-refractivity contribution < 1.29 is 34.1 Å². The summed E-state index contributed by atoms with van der Waals surface area (Å²) >= 11 is 0. The fourth-order valence-electron chi connectivity index (χ4n) is 6.67. The Morgan fingerprint density at radius 1 is 0.714 bits per heavy atom. The molecule has 2 N–H and O–H groups in total. The summed E-state index contributed by atoms with van der Waals surface area (Å²) < 4.78 is 5.34. The maximum Gasteiger partial charge on any atom is 0.317 e. The zero-order valence-corrected chi connectivity index (χ0v) is 22.4. The molecular formula is C28H46O7. The highest BCUT2D eigenvalue weighted by molar-refractivity contribution is 5.92. The van der Waals surface area contributed by atoms with Crippen molar-refractivity contribution in [3.05, 3.63) is 0 Å². The second kappa shape index (κ2) is 12.9. The van der Waals surface area contributed by atoms with Gasteiger partial charge < -0.3 is 14.9 Å². The second-order valence-electron chi connectivity index (χ2n) is 11.9. The number of rotatable bonds is 10. The van der Waals surface area contributed by atoms with Gasteiger partial charge in [0.2, 0.25) is 0 Å². The smallest absolute Gasteiger partial charge is 0.317 e. The van der Waals surface area contributed by atoms with Crippen molar-refractivity contribution in [2.24, 2.45) is 59.2 Å². The number of hydrogen-bond acceptors (Lipinski definition) is 5. The van der Waals surface area contributed by atoms with Crippen LogP contribution in [0.4, 0.5) is 0 Å². The maximum atomic E-state index is 13.2. The minimum absolute atomic E-state index is 0.147. The van der Waals surface area contributed by atoms with Gasteiger partial charge in [-0.15, -0.1) is 0 Å². The van der Waals surface area contributed by atoms with Crippen LogP contribution in [-0.2, 0) is 23.9 Å². The molecule has 2 rings (SSSR count). The van der Waals surface area contributed by atoms with E-state index in [2.05, 4.69) is 27.7 Å². The molecule has 10 atom stereocenters. The van der Waals surface area contributed by atoms with Crippen molar-refractivity contribution in [1.29, 1.82) is 0 Å². The Balaban J connectivity index is 2.23. The van der Waals surface area contributed by atoms with Gasteiger partial charge >= 0.3 is 23.9 Å². The van der Waals surface area contributed by atoms with Gasteiger partial charge in [-0.2, -0.15) is 0 Å². The van der Waals surface area contributed by atoms with E-state index in [1.807, 2.05) is 13.8 Å². The first-order valence-corrected chi connectivity index (χ1v) is 13.6. The Morgan fingerprint density at radius 2 is 1.06 bits per heavy atom. The number of carbonyl (C=O) groups is 4. The van der Waals surface area contributed by atoms with E-state index >= 15 is 0 Å². The van der Waals surface area contributed by atoms with Crippen LogP contribution in [0.25, 0.3) is 0 Å². The summed E-state index contributed by atoms with van der Waals surface area (Å²) in [6.07, 6.45) is 5.48. The molecule has 2 fully saturated rings. The SMILES string of the molecule is CCC(C)CC1CC(C)CC(C(=O)OC(=O)C2CC(C)CC(CC(C)CC)C2C(=O)O)C1C(=O)O. The molecule has 200 valence electrons. The summed E-state index contributed by atoms with van der Waals surface area (Å²) in [5.74, 6) is -6.55. The lowest BCUT2D eigenvalue weighted by molar-refractivity contribution is -0.178. The highest BCUT2D eigenvalue weighted by Gasteiger charge is 2.49. The van der Waals surface area contributed by atoms with Gasteiger partial charge in [-0.3, -0.25) is 19.2 Å². The molecule has 10 unspecified atom stereocenters. The average Bonchev–Trinajstić information content (AvgIpc) is 2.77. The molecule has 35 heavy (non-hydrogen) atoms. The van der Waals surface area contributed by atoms with Crippen LogP contribution >= 0.6 is 0 Å². The molecule has 7 heteroatoms. The summed E-state index contributed by atoms with van der Waals surface area (Å²) in [6.45, 7) is 12.3. The van der Waals surface area contributed by atoms with Gasteiger partial charge in [0.1, 0.15) is 0 Å². The number of aliphatic carboxylic acids is 2. The van der Waals surface area contributed by atoms with Gasteiger partial charge in [0, 0.05) is 0 Å². The molecule has 0 heterocycles. The third kappa shape index (κ3) is 7.53. The monoisotopic (exact) mass is 494 g/mol. The first-order chi connectivity index (χ1) is 16.4. The molecule has 0 amide bonds. The molecule has 2 aliphatic rings. The van der Waals surface area contributed by atoms with Crippen LogP contribution in [0.3, 0.4) is 0 Å². The third-order valence-electron chi connectivity index (χ3n) is 8.79. The number of ether oxygens (including phenoxy) is 1. The maximum absolute atomic E-state index is 13.2. The Labute approximate surface area is 210 Å². The first kappa shape index (κ1) is 29.3. The van der Waals surface area contributed by atoms with Crippen LogP contribution < -0.4 is 0 Å². The molecule has 0 aromatic heterocycles. The Kier molecular flexibility index (Phi) is 10.8. The molecule has 0 aliphatic heterocycles. The normalized spacial score (nSPS) is 35.0. The fraction of sp³-hybridized carbons (Fsp3) is 0.857. The van der Waals surface area contributed by atoms with Crippen LogP contribution in [0, 0.1) is 59.2 Å². The van der Waals surface area contributed by atoms with Crippen molar-refractivity contribution in [2.45, 2.75) is 92.9 Å². The molecule has 0 aromatic rings. The molecule has 0 saturated heterocycles. The van der Waals surface area contributed by atoms with Crippen LogP contribution in [0.5, 0.6) is 0 Å². The van der Waals surface area contributed by atoms with Crippen LogP contribution in [-0.4, -0.2) is 34.1 Å². The van der Waals surface area contributed by atoms with E-state index in [9.17, 15) is 29.4 Å². The van der Waals surface area contributed by atoms with E-state index in [1.165, 1.54) is 0 Å². The second-order valence-corrected chi connectivity index (χ2v) is 11.9. The Hall–Kier alpha value is -1.92. The zero-order chi connectivity index (χ0) is 26.4. The fourth-order valence-corrected chi connectivity index (χ4v) is 6.67. The van der Waals surface area contributed by atoms with Gasteiger partial charge in [-0.25, -0.2) is 0 Å². The van der Waals surface area contributed by atoms with Crippen molar-refractivity contribution in [1.82, 2.24) is 0 Å². The molecule has 0 radical (unpaired) electrons. The summed E-state index contributed by atoms with van der Waals surface area (Å²) in [6, 6.07) is 0. The number of hydrogen-bond donors (Lipinski definition) is 2. The number of esters is 2. The molecule has 0 spiro atoms. The molecule has 0 bridgehead atoms. The van der Waals surface area contributed by atoms with Gasteiger partial charge in [-0.05, 0) is 74.0 Å². The van der Waals surface area contributed by atoms with E-state index in [4.69, 9.17) is 4.74 Å². The number of carbonyl (C=O) groups excluding carboxylic acids is 2. The van der Waals surface area contributed by atoms with Gasteiger partial charge in [-0.1, -0.05) is 54.4 Å². The van der Waals surface area contributed by atoms with Gasteiger partial charge in [0.15, 0.2) is 0 Å². The van der Waals surface area contributed by atoms with Crippen LogP contribution in [0.1, 0.15) is 92.9 Å². The zero-order valence-electron chi connectivity index (χ0n) is 22.4. The van der Waals surface area contributed by atoms with E-state index < -0.39 is 47.5 Å². The molecule has 2 saturated carbocycles. The van der Waals surface area contributed by atoms with Crippen molar-refractivity contribution in [2.75, 3.05) is 0 Å². The standard InChI is InChI=1S/C28H46O7/c1-7-15(3)9-19-11-17(5)13-21(23(19)25(29)30)27(33)35-28(34)22-14-18(6)12-20(10-16(4)8-2)24(22)26(31)32/h15-24H,7-14H2,1-6H3,(H,29,30)(H,31,32). The van der Waals surface area contributed by atoms with Gasteiger partial charge in [0.25, 0.3) is 0 Å². The van der Waals surface area contributed by atoms with E-state index in [-0.39, 0.29) is 23.7 Å². The highest BCUT2D eigenvalue weighted by atomic mass is 16.6. The van der Waals surface area contributed by atoms with Crippen molar-refractivity contribution >= 4 is 23.9 Å². The molecule has 7 nitrogen and oxygen atoms in total. The topological polar surface area (TPSA) is 118 Å². The predicted octanol–water partition coefficient (Wildman–Crippen LogP) is 5.65. The quantitative estimate of drug-likeness (QED) is 0.297. The van der Waals surface area contributed by atoms with E-state index in [0.717, 1.165) is 25.7 Å². The lowest BCUT2D eigenvalue weighted by atomic mass is 9.65. The Bertz CT molecular complexity index is 700. The Morgan fingerprint density at radius 3 is 1.34 bits per heavy atom. The summed E-state index contributed by atoms with van der Waals surface area (Å²) in [4.78, 5) is 50.9. The molecular weight excluding hydrogens is 448 g/mol. The van der Waals surface area contributed by atoms with E-state index in [0.29, 0.717) is 37.5 Å². The van der Waals surface area contributed by atoms with Crippen LogP contribution in [0.2, 0.25) is 0 Å². The third-order valence-corrected chi connectivity index (χ3v) is 8.79. The highest BCUT2D eigenvalue weighted by Crippen LogP contribution is 2.44. The molecule has 0 aromatic carbocycles. The summed E-state index contributed by atoms with van der Waals surface area (Å²) in [5.41, 5.74) is 0. The van der Waals surface area contributed by atoms with E-state index in [1.54, 1.807) is 0 Å². The average molecular weight is 495 g/mol. The lowest BCUT2D eigenvalue weighted by Gasteiger charge is -2.40. The largest absolute Gasteiger partial charge is 0.481 e. The minimum Gasteiger partial charge on any atom is -0.481 e. The number of carboxylic acids is 2. The first-order valence-electron chi connectivity index (χ1n) is 13.6. The lowest BCUT2D eigenvalue weighted by Crippen LogP contribution is -2.45. The summed E-state index contributed by atoms with van der Waals surface area (Å²) in [5, 5.41) is 20.0. The minimum atomic E-state index is -1.03. The summed E-state index contributed by atoms with van der Waals surface area (Å²) in [7, 11) is 0.